The van der Waals surface area contributed by atoms with Gasteiger partial charge in [0.1, 0.15) is 5.70 Å². The van der Waals surface area contributed by atoms with Crippen molar-refractivity contribution in [3.8, 4) is 0 Å². The molecule has 144 valence electrons. The molecule has 0 spiro atoms. The van der Waals surface area contributed by atoms with Crippen LogP contribution in [0, 0.1) is 0 Å². The average Bonchev–Trinajstić information content (AvgIpc) is 3.27. The smallest absolute Gasteiger partial charge is 0.287 e. The molecule has 0 bridgehead atoms. The molecule has 0 saturated carbocycles. The fourth-order valence-electron chi connectivity index (χ4n) is 2.38. The number of amides is 2. The van der Waals surface area contributed by atoms with Crippen molar-refractivity contribution in [2.75, 3.05) is 0 Å². The molecule has 3 rings (SSSR count). The Morgan fingerprint density at radius 2 is 1.62 bits per heavy atom. The highest BCUT2D eigenvalue weighted by molar-refractivity contribution is 7.10. The Morgan fingerprint density at radius 3 is 2.31 bits per heavy atom. The van der Waals surface area contributed by atoms with Gasteiger partial charge in [-0.05, 0) is 41.3 Å². The molecule has 0 aliphatic rings. The van der Waals surface area contributed by atoms with Gasteiger partial charge >= 0.3 is 0 Å². The maximum absolute atomic E-state index is 12.5. The first kappa shape index (κ1) is 20.0. The van der Waals surface area contributed by atoms with Crippen molar-refractivity contribution in [3.63, 3.8) is 0 Å². The molecule has 0 aliphatic heterocycles. The molecule has 5 nitrogen and oxygen atoms in total. The number of allylic oxidation sites excluding steroid dienone is 1. The quantitative estimate of drug-likeness (QED) is 0.351. The van der Waals surface area contributed by atoms with Crippen molar-refractivity contribution in [2.24, 2.45) is 5.10 Å². The van der Waals surface area contributed by atoms with Gasteiger partial charge in [0.25, 0.3) is 11.8 Å². The number of carbonyl (C=O) groups is 2. The second-order valence-corrected chi connectivity index (χ2v) is 6.86. The van der Waals surface area contributed by atoms with E-state index in [1.54, 1.807) is 36.4 Å². The molecule has 0 aliphatic carbocycles. The Kier molecular flexibility index (Phi) is 7.26. The van der Waals surface area contributed by atoms with Crippen molar-refractivity contribution < 1.29 is 9.59 Å². The number of nitrogens with one attached hydrogen (secondary N) is 2. The molecule has 6 heteroatoms. The van der Waals surface area contributed by atoms with Crippen LogP contribution in [-0.2, 0) is 4.79 Å². The minimum absolute atomic E-state index is 0.116. The zero-order chi connectivity index (χ0) is 20.3. The SMILES string of the molecule is O=C(NN=CC=Cc1ccccc1)C(=Cc1cccs1)NC(=O)c1ccccc1. The van der Waals surface area contributed by atoms with Crippen LogP contribution in [0.1, 0.15) is 20.8 Å². The van der Waals surface area contributed by atoms with E-state index in [4.69, 9.17) is 0 Å². The number of nitrogens with zero attached hydrogens (tertiary/aromatic N) is 1. The van der Waals surface area contributed by atoms with Gasteiger partial charge in [-0.1, -0.05) is 60.7 Å². The fourth-order valence-corrected chi connectivity index (χ4v) is 3.03. The van der Waals surface area contributed by atoms with Crippen LogP contribution in [0.15, 0.2) is 95.1 Å². The van der Waals surface area contributed by atoms with Gasteiger partial charge in [0.05, 0.1) is 0 Å². The third kappa shape index (κ3) is 6.41. The van der Waals surface area contributed by atoms with Crippen molar-refractivity contribution in [2.45, 2.75) is 0 Å². The van der Waals surface area contributed by atoms with Gasteiger partial charge in [0.15, 0.2) is 0 Å². The lowest BCUT2D eigenvalue weighted by Gasteiger charge is -2.08. The third-order valence-electron chi connectivity index (χ3n) is 3.77. The Balaban J connectivity index is 1.67. The highest BCUT2D eigenvalue weighted by Crippen LogP contribution is 2.13. The summed E-state index contributed by atoms with van der Waals surface area (Å²) in [6.07, 6.45) is 6.69. The van der Waals surface area contributed by atoms with E-state index in [0.717, 1.165) is 10.4 Å². The maximum atomic E-state index is 12.5. The zero-order valence-corrected chi connectivity index (χ0v) is 16.3. The summed E-state index contributed by atoms with van der Waals surface area (Å²) in [4.78, 5) is 25.8. The lowest BCUT2D eigenvalue weighted by Crippen LogP contribution is -2.32. The van der Waals surface area contributed by atoms with Gasteiger partial charge in [0, 0.05) is 16.7 Å². The molecule has 0 atom stereocenters. The summed E-state index contributed by atoms with van der Waals surface area (Å²) < 4.78 is 0. The predicted molar refractivity (Wildman–Crippen MR) is 118 cm³/mol. The van der Waals surface area contributed by atoms with Crippen molar-refractivity contribution in [1.82, 2.24) is 10.7 Å². The minimum atomic E-state index is -0.507. The van der Waals surface area contributed by atoms with Crippen molar-refractivity contribution >= 4 is 41.5 Å². The topological polar surface area (TPSA) is 70.6 Å². The van der Waals surface area contributed by atoms with E-state index in [9.17, 15) is 9.59 Å². The largest absolute Gasteiger partial charge is 0.317 e. The molecule has 3 aromatic rings. The zero-order valence-electron chi connectivity index (χ0n) is 15.5. The lowest BCUT2D eigenvalue weighted by molar-refractivity contribution is -0.117. The van der Waals surface area contributed by atoms with E-state index in [2.05, 4.69) is 15.8 Å². The first-order chi connectivity index (χ1) is 14.2. The molecule has 2 amide bonds. The van der Waals surface area contributed by atoms with E-state index < -0.39 is 5.91 Å². The van der Waals surface area contributed by atoms with E-state index in [1.165, 1.54) is 17.6 Å². The molecular formula is C23H19N3O2S. The lowest BCUT2D eigenvalue weighted by atomic mass is 10.2. The number of carbonyl (C=O) groups excluding carboxylic acids is 2. The number of hydrogen-bond donors (Lipinski definition) is 2. The van der Waals surface area contributed by atoms with Gasteiger partial charge in [-0.25, -0.2) is 5.43 Å². The molecule has 2 N–H and O–H groups in total. The molecule has 29 heavy (non-hydrogen) atoms. The van der Waals surface area contributed by atoms with Crippen molar-refractivity contribution in [3.05, 3.63) is 106 Å². The highest BCUT2D eigenvalue weighted by atomic mass is 32.1. The van der Waals surface area contributed by atoms with Gasteiger partial charge in [-0.15, -0.1) is 11.3 Å². The summed E-state index contributed by atoms with van der Waals surface area (Å²) in [5.74, 6) is -0.872. The van der Waals surface area contributed by atoms with Gasteiger partial charge in [0.2, 0.25) is 0 Å². The highest BCUT2D eigenvalue weighted by Gasteiger charge is 2.14. The number of benzene rings is 2. The predicted octanol–water partition coefficient (Wildman–Crippen LogP) is 4.33. The fraction of sp³-hybridized carbons (Fsp3) is 0. The van der Waals surface area contributed by atoms with Gasteiger partial charge in [-0.2, -0.15) is 5.10 Å². The first-order valence-corrected chi connectivity index (χ1v) is 9.77. The number of thiophene rings is 1. The number of hydrazone groups is 1. The number of hydrogen-bond acceptors (Lipinski definition) is 4. The Labute approximate surface area is 173 Å². The normalized spacial score (nSPS) is 11.7. The van der Waals surface area contributed by atoms with E-state index in [0.29, 0.717) is 5.56 Å². The van der Waals surface area contributed by atoms with Crippen LogP contribution in [0.3, 0.4) is 0 Å². The molecule has 2 aromatic carbocycles. The second kappa shape index (κ2) is 10.5. The molecule has 0 unspecified atom stereocenters. The summed E-state index contributed by atoms with van der Waals surface area (Å²) in [6, 6.07) is 22.2. The summed E-state index contributed by atoms with van der Waals surface area (Å²) >= 11 is 1.46. The molecule has 1 aromatic heterocycles. The minimum Gasteiger partial charge on any atom is -0.317 e. The van der Waals surface area contributed by atoms with E-state index >= 15 is 0 Å². The van der Waals surface area contributed by atoms with Crippen LogP contribution in [-0.4, -0.2) is 18.0 Å². The van der Waals surface area contributed by atoms with E-state index in [1.807, 2.05) is 60.0 Å². The summed E-state index contributed by atoms with van der Waals surface area (Å²) in [5, 5.41) is 8.48. The molecule has 0 radical (unpaired) electrons. The molecular weight excluding hydrogens is 382 g/mol. The summed E-state index contributed by atoms with van der Waals surface area (Å²) in [5.41, 5.74) is 4.05. The van der Waals surface area contributed by atoms with Crippen LogP contribution < -0.4 is 10.7 Å². The van der Waals surface area contributed by atoms with Gasteiger partial charge in [-0.3, -0.25) is 9.59 Å². The standard InChI is InChI=1S/C23H19N3O2S/c27-22(19-12-5-2-6-13-19)25-21(17-20-14-8-16-29-20)23(28)26-24-15-7-11-18-9-3-1-4-10-18/h1-17H,(H,25,27)(H,26,28). The molecule has 0 fully saturated rings. The van der Waals surface area contributed by atoms with Gasteiger partial charge < -0.3 is 5.32 Å². The second-order valence-electron chi connectivity index (χ2n) is 5.88. The van der Waals surface area contributed by atoms with Crippen LogP contribution in [0.25, 0.3) is 12.2 Å². The maximum Gasteiger partial charge on any atom is 0.287 e. The van der Waals surface area contributed by atoms with Crippen LogP contribution in [0.5, 0.6) is 0 Å². The van der Waals surface area contributed by atoms with Crippen LogP contribution in [0.4, 0.5) is 0 Å². The Bertz CT molecular complexity index is 1020. The Hall–Kier alpha value is -3.77. The van der Waals surface area contributed by atoms with Crippen LogP contribution in [0.2, 0.25) is 0 Å². The first-order valence-electron chi connectivity index (χ1n) is 8.89. The monoisotopic (exact) mass is 401 g/mol. The Morgan fingerprint density at radius 1 is 0.897 bits per heavy atom. The third-order valence-corrected chi connectivity index (χ3v) is 4.59. The number of rotatable bonds is 7. The van der Waals surface area contributed by atoms with Crippen LogP contribution >= 0.6 is 11.3 Å². The molecule has 0 saturated heterocycles. The summed E-state index contributed by atoms with van der Waals surface area (Å²) in [7, 11) is 0. The van der Waals surface area contributed by atoms with Crippen molar-refractivity contribution in [1.29, 1.82) is 0 Å². The van der Waals surface area contributed by atoms with E-state index in [-0.39, 0.29) is 11.6 Å². The molecule has 1 heterocycles. The summed E-state index contributed by atoms with van der Waals surface area (Å²) in [6.45, 7) is 0. The average molecular weight is 401 g/mol.